The summed E-state index contributed by atoms with van der Waals surface area (Å²) < 4.78 is 36.3. The van der Waals surface area contributed by atoms with Gasteiger partial charge in [-0.15, -0.1) is 0 Å². The summed E-state index contributed by atoms with van der Waals surface area (Å²) in [6.07, 6.45) is 6.04. The zero-order chi connectivity index (χ0) is 12.9. The Hall–Kier alpha value is 0.100. The summed E-state index contributed by atoms with van der Waals surface area (Å²) in [7, 11) is 0. The maximum absolute atomic E-state index is 12.1. The van der Waals surface area contributed by atoms with E-state index in [9.17, 15) is 13.2 Å². The fourth-order valence-electron chi connectivity index (χ4n) is 2.64. The molecule has 1 nitrogen and oxygen atoms in total. The van der Waals surface area contributed by atoms with Crippen LogP contribution in [0.4, 0.5) is 13.2 Å². The highest BCUT2D eigenvalue weighted by molar-refractivity contribution is 8.00. The molecule has 2 N–H and O–H groups in total. The molecule has 1 saturated carbocycles. The Morgan fingerprint density at radius 2 is 1.88 bits per heavy atom. The second kappa shape index (κ2) is 6.32. The van der Waals surface area contributed by atoms with Crippen molar-refractivity contribution in [3.63, 3.8) is 0 Å². The van der Waals surface area contributed by atoms with Crippen LogP contribution in [0.2, 0.25) is 0 Å². The van der Waals surface area contributed by atoms with Crippen LogP contribution < -0.4 is 5.73 Å². The molecule has 0 aromatic rings. The maximum atomic E-state index is 12.1. The lowest BCUT2D eigenvalue weighted by Gasteiger charge is -2.39. The SMILES string of the molecule is CCC1CCC(CN)(CCSC(F)(F)F)CC1. The molecule has 0 heterocycles. The van der Waals surface area contributed by atoms with Crippen LogP contribution in [0.5, 0.6) is 0 Å². The van der Waals surface area contributed by atoms with Crippen LogP contribution in [0.15, 0.2) is 0 Å². The lowest BCUT2D eigenvalue weighted by molar-refractivity contribution is -0.0329. The van der Waals surface area contributed by atoms with Crippen molar-refractivity contribution in [1.82, 2.24) is 0 Å². The van der Waals surface area contributed by atoms with Crippen molar-refractivity contribution in [3.05, 3.63) is 0 Å². The third-order valence-corrected chi connectivity index (χ3v) is 4.81. The average molecular weight is 269 g/mol. The first-order chi connectivity index (χ1) is 7.91. The Morgan fingerprint density at radius 1 is 1.29 bits per heavy atom. The quantitative estimate of drug-likeness (QED) is 0.810. The molecule has 1 aliphatic carbocycles. The van der Waals surface area contributed by atoms with Crippen LogP contribution in [0, 0.1) is 11.3 Å². The van der Waals surface area contributed by atoms with Gasteiger partial charge in [-0.1, -0.05) is 25.1 Å². The van der Waals surface area contributed by atoms with Crippen molar-refractivity contribution in [3.8, 4) is 0 Å². The van der Waals surface area contributed by atoms with Crippen LogP contribution in [0.25, 0.3) is 0 Å². The molecule has 0 amide bonds. The second-order valence-corrected chi connectivity index (χ2v) is 6.26. The zero-order valence-electron chi connectivity index (χ0n) is 10.4. The minimum absolute atomic E-state index is 0.0239. The molecular formula is C12H22F3NS. The Kier molecular flexibility index (Phi) is 5.64. The second-order valence-electron chi connectivity index (χ2n) is 5.10. The van der Waals surface area contributed by atoms with Crippen molar-refractivity contribution in [2.75, 3.05) is 12.3 Å². The molecule has 0 unspecified atom stereocenters. The van der Waals surface area contributed by atoms with E-state index in [1.165, 1.54) is 6.42 Å². The predicted molar refractivity (Wildman–Crippen MR) is 66.9 cm³/mol. The van der Waals surface area contributed by atoms with Crippen molar-refractivity contribution in [1.29, 1.82) is 0 Å². The topological polar surface area (TPSA) is 26.0 Å². The summed E-state index contributed by atoms with van der Waals surface area (Å²) in [6.45, 7) is 2.71. The lowest BCUT2D eigenvalue weighted by atomic mass is 9.68. The molecule has 0 spiro atoms. The number of rotatable bonds is 5. The van der Waals surface area contributed by atoms with Gasteiger partial charge in [0.25, 0.3) is 0 Å². The molecule has 0 saturated heterocycles. The minimum atomic E-state index is -4.10. The van der Waals surface area contributed by atoms with Crippen LogP contribution in [0.3, 0.4) is 0 Å². The van der Waals surface area contributed by atoms with Gasteiger partial charge in [-0.2, -0.15) is 13.2 Å². The summed E-state index contributed by atoms with van der Waals surface area (Å²) in [5, 5.41) is 0. The van der Waals surface area contributed by atoms with E-state index in [-0.39, 0.29) is 22.9 Å². The predicted octanol–water partition coefficient (Wildman–Crippen LogP) is 4.17. The first kappa shape index (κ1) is 15.2. The summed E-state index contributed by atoms with van der Waals surface area (Å²) in [4.78, 5) is 0. The first-order valence-corrected chi connectivity index (χ1v) is 7.30. The first-order valence-electron chi connectivity index (χ1n) is 6.31. The molecule has 1 rings (SSSR count). The van der Waals surface area contributed by atoms with E-state index in [1.807, 2.05) is 0 Å². The Bertz CT molecular complexity index is 222. The molecule has 1 aliphatic rings. The normalized spacial score (nSPS) is 30.5. The van der Waals surface area contributed by atoms with E-state index < -0.39 is 5.51 Å². The summed E-state index contributed by atoms with van der Waals surface area (Å²) in [6, 6.07) is 0. The number of halogens is 3. The van der Waals surface area contributed by atoms with Crippen molar-refractivity contribution in [2.45, 2.75) is 51.0 Å². The molecule has 17 heavy (non-hydrogen) atoms. The Labute approximate surface area is 106 Å². The molecule has 0 aromatic carbocycles. The fraction of sp³-hybridized carbons (Fsp3) is 1.00. The van der Waals surface area contributed by atoms with Crippen LogP contribution in [-0.4, -0.2) is 17.8 Å². The van der Waals surface area contributed by atoms with E-state index in [4.69, 9.17) is 5.73 Å². The lowest BCUT2D eigenvalue weighted by Crippen LogP contribution is -2.35. The molecule has 0 aromatic heterocycles. The highest BCUT2D eigenvalue weighted by Crippen LogP contribution is 2.43. The molecule has 0 radical (unpaired) electrons. The highest BCUT2D eigenvalue weighted by atomic mass is 32.2. The van der Waals surface area contributed by atoms with Gasteiger partial charge in [0.05, 0.1) is 0 Å². The number of nitrogens with two attached hydrogens (primary N) is 1. The van der Waals surface area contributed by atoms with E-state index in [2.05, 4.69) is 6.92 Å². The Morgan fingerprint density at radius 3 is 2.29 bits per heavy atom. The fourth-order valence-corrected chi connectivity index (χ4v) is 3.40. The van der Waals surface area contributed by atoms with Gasteiger partial charge in [0.2, 0.25) is 0 Å². The van der Waals surface area contributed by atoms with Crippen molar-refractivity contribution in [2.24, 2.45) is 17.1 Å². The maximum Gasteiger partial charge on any atom is 0.441 e. The van der Waals surface area contributed by atoms with E-state index >= 15 is 0 Å². The molecule has 0 atom stereocenters. The van der Waals surface area contributed by atoms with Crippen LogP contribution >= 0.6 is 11.8 Å². The van der Waals surface area contributed by atoms with E-state index in [1.54, 1.807) is 0 Å². The summed E-state index contributed by atoms with van der Waals surface area (Å²) in [5.74, 6) is 0.905. The molecule has 5 heteroatoms. The van der Waals surface area contributed by atoms with Gasteiger partial charge < -0.3 is 5.73 Å². The van der Waals surface area contributed by atoms with Gasteiger partial charge >= 0.3 is 5.51 Å². The Balaban J connectivity index is 2.37. The van der Waals surface area contributed by atoms with Crippen LogP contribution in [-0.2, 0) is 0 Å². The number of thioether (sulfide) groups is 1. The average Bonchev–Trinajstić information content (AvgIpc) is 2.28. The van der Waals surface area contributed by atoms with Gasteiger partial charge in [0, 0.05) is 5.75 Å². The van der Waals surface area contributed by atoms with Crippen molar-refractivity contribution < 1.29 is 13.2 Å². The smallest absolute Gasteiger partial charge is 0.330 e. The highest BCUT2D eigenvalue weighted by Gasteiger charge is 2.35. The number of hydrogen-bond donors (Lipinski definition) is 1. The molecular weight excluding hydrogens is 247 g/mol. The van der Waals surface area contributed by atoms with Crippen molar-refractivity contribution >= 4 is 11.8 Å². The zero-order valence-corrected chi connectivity index (χ0v) is 11.2. The van der Waals surface area contributed by atoms with Gasteiger partial charge in [-0.3, -0.25) is 0 Å². The van der Waals surface area contributed by atoms with Gasteiger partial charge in [-0.05, 0) is 50.0 Å². The third-order valence-electron chi connectivity index (χ3n) is 4.07. The van der Waals surface area contributed by atoms with Gasteiger partial charge in [0.15, 0.2) is 0 Å². The van der Waals surface area contributed by atoms with E-state index in [0.29, 0.717) is 13.0 Å². The molecule has 1 fully saturated rings. The summed E-state index contributed by atoms with van der Waals surface area (Å²) in [5.41, 5.74) is 1.66. The molecule has 0 aliphatic heterocycles. The van der Waals surface area contributed by atoms with Crippen LogP contribution in [0.1, 0.15) is 45.4 Å². The van der Waals surface area contributed by atoms with Gasteiger partial charge in [-0.25, -0.2) is 0 Å². The monoisotopic (exact) mass is 269 g/mol. The largest absolute Gasteiger partial charge is 0.441 e. The third kappa shape index (κ3) is 5.08. The number of alkyl halides is 3. The molecule has 102 valence electrons. The van der Waals surface area contributed by atoms with Gasteiger partial charge in [0.1, 0.15) is 0 Å². The molecule has 0 bridgehead atoms. The standard InChI is InChI=1S/C12H22F3NS/c1-2-10-3-5-11(9-16,6-4-10)7-8-17-12(13,14)15/h10H,2-9,16H2,1H3. The summed E-state index contributed by atoms with van der Waals surface area (Å²) >= 11 is 0.0921. The minimum Gasteiger partial charge on any atom is -0.330 e. The van der Waals surface area contributed by atoms with E-state index in [0.717, 1.165) is 31.6 Å². The number of hydrogen-bond acceptors (Lipinski definition) is 2.